The molecular formula is C14H17F3N2O2. The number of nitrogens with zero attached hydrogens (tertiary/aromatic N) is 1. The summed E-state index contributed by atoms with van der Waals surface area (Å²) in [5, 5.41) is 0. The van der Waals surface area contributed by atoms with Gasteiger partial charge in [-0.05, 0) is 24.6 Å². The third-order valence-electron chi connectivity index (χ3n) is 3.35. The van der Waals surface area contributed by atoms with E-state index >= 15 is 0 Å². The minimum Gasteiger partial charge on any atom is -0.370 e. The Balaban J connectivity index is 2.16. The van der Waals surface area contributed by atoms with Crippen LogP contribution >= 0.6 is 0 Å². The fourth-order valence-corrected chi connectivity index (χ4v) is 2.25. The third-order valence-corrected chi connectivity index (χ3v) is 3.35. The molecule has 1 heterocycles. The van der Waals surface area contributed by atoms with Gasteiger partial charge in [-0.1, -0.05) is 12.1 Å². The highest BCUT2D eigenvalue weighted by Gasteiger charge is 2.32. The molecule has 1 aliphatic heterocycles. The Labute approximate surface area is 120 Å². The van der Waals surface area contributed by atoms with E-state index in [4.69, 9.17) is 10.5 Å². The standard InChI is InChI=1S/C14H17F3N2O2/c1-9(18)13(20)19-5-6-21-12(8-19)10-3-2-4-11(7-10)14(15,16)17/h2-4,7,9,12H,5-6,8,18H2,1H3/t9-,12?/m1/s1. The van der Waals surface area contributed by atoms with Crippen LogP contribution in [-0.4, -0.2) is 36.5 Å². The van der Waals surface area contributed by atoms with Gasteiger partial charge >= 0.3 is 6.18 Å². The van der Waals surface area contributed by atoms with Gasteiger partial charge in [0.15, 0.2) is 0 Å². The molecule has 1 fully saturated rings. The number of carbonyl (C=O) groups is 1. The van der Waals surface area contributed by atoms with Crippen molar-refractivity contribution in [2.75, 3.05) is 19.7 Å². The number of carbonyl (C=O) groups excluding carboxylic acids is 1. The van der Waals surface area contributed by atoms with Crippen molar-refractivity contribution in [1.82, 2.24) is 4.90 Å². The minimum atomic E-state index is -4.40. The van der Waals surface area contributed by atoms with E-state index < -0.39 is 23.9 Å². The molecule has 1 aliphatic rings. The highest BCUT2D eigenvalue weighted by Crippen LogP contribution is 2.32. The Morgan fingerprint density at radius 1 is 1.48 bits per heavy atom. The van der Waals surface area contributed by atoms with Crippen LogP contribution in [0.3, 0.4) is 0 Å². The summed E-state index contributed by atoms with van der Waals surface area (Å²) in [5.74, 6) is -0.227. The fourth-order valence-electron chi connectivity index (χ4n) is 2.25. The maximum Gasteiger partial charge on any atom is 0.416 e. The summed E-state index contributed by atoms with van der Waals surface area (Å²) in [7, 11) is 0. The lowest BCUT2D eigenvalue weighted by Gasteiger charge is -2.34. The first-order chi connectivity index (χ1) is 9.79. The molecule has 0 spiro atoms. The Bertz CT molecular complexity index is 517. The number of hydrogen-bond donors (Lipinski definition) is 1. The predicted molar refractivity (Wildman–Crippen MR) is 70.4 cm³/mol. The van der Waals surface area contributed by atoms with Gasteiger partial charge < -0.3 is 15.4 Å². The first-order valence-corrected chi connectivity index (χ1v) is 6.62. The van der Waals surface area contributed by atoms with Crippen LogP contribution in [0.4, 0.5) is 13.2 Å². The van der Waals surface area contributed by atoms with E-state index in [9.17, 15) is 18.0 Å². The van der Waals surface area contributed by atoms with Gasteiger partial charge in [-0.25, -0.2) is 0 Å². The van der Waals surface area contributed by atoms with Crippen molar-refractivity contribution in [3.8, 4) is 0 Å². The van der Waals surface area contributed by atoms with Crippen LogP contribution in [0, 0.1) is 0 Å². The molecule has 0 radical (unpaired) electrons. The molecule has 1 aromatic rings. The minimum absolute atomic E-state index is 0.210. The van der Waals surface area contributed by atoms with Gasteiger partial charge in [-0.2, -0.15) is 13.2 Å². The van der Waals surface area contributed by atoms with Crippen LogP contribution in [0.25, 0.3) is 0 Å². The topological polar surface area (TPSA) is 55.6 Å². The normalized spacial score (nSPS) is 21.2. The van der Waals surface area contributed by atoms with E-state index in [1.54, 1.807) is 13.0 Å². The molecule has 7 heteroatoms. The third kappa shape index (κ3) is 3.74. The Morgan fingerprint density at radius 3 is 2.81 bits per heavy atom. The Hall–Kier alpha value is -1.60. The number of ether oxygens (including phenoxy) is 1. The van der Waals surface area contributed by atoms with E-state index in [1.807, 2.05) is 0 Å². The van der Waals surface area contributed by atoms with Gasteiger partial charge in [0.2, 0.25) is 5.91 Å². The van der Waals surface area contributed by atoms with Crippen molar-refractivity contribution in [3.63, 3.8) is 0 Å². The predicted octanol–water partition coefficient (Wildman–Crippen LogP) is 1.95. The smallest absolute Gasteiger partial charge is 0.370 e. The number of morpholine rings is 1. The second-order valence-corrected chi connectivity index (χ2v) is 5.06. The monoisotopic (exact) mass is 302 g/mol. The maximum absolute atomic E-state index is 12.7. The van der Waals surface area contributed by atoms with Gasteiger partial charge in [0.25, 0.3) is 0 Å². The number of rotatable bonds is 2. The Kier molecular flexibility index (Phi) is 4.53. The van der Waals surface area contributed by atoms with Crippen LogP contribution in [0.15, 0.2) is 24.3 Å². The molecule has 2 N–H and O–H groups in total. The summed E-state index contributed by atoms with van der Waals surface area (Å²) in [6.45, 7) is 2.47. The average molecular weight is 302 g/mol. The summed E-state index contributed by atoms with van der Waals surface area (Å²) >= 11 is 0. The molecule has 0 aromatic heterocycles. The number of benzene rings is 1. The fraction of sp³-hybridized carbons (Fsp3) is 0.500. The maximum atomic E-state index is 12.7. The second-order valence-electron chi connectivity index (χ2n) is 5.06. The van der Waals surface area contributed by atoms with E-state index in [0.29, 0.717) is 12.1 Å². The number of nitrogens with two attached hydrogens (primary N) is 1. The van der Waals surface area contributed by atoms with Gasteiger partial charge in [-0.15, -0.1) is 0 Å². The highest BCUT2D eigenvalue weighted by molar-refractivity contribution is 5.81. The number of hydrogen-bond acceptors (Lipinski definition) is 3. The van der Waals surface area contributed by atoms with Gasteiger partial charge in [-0.3, -0.25) is 4.79 Å². The van der Waals surface area contributed by atoms with Gasteiger partial charge in [0.05, 0.1) is 24.8 Å². The average Bonchev–Trinajstić information content (AvgIpc) is 2.46. The molecular weight excluding hydrogens is 285 g/mol. The largest absolute Gasteiger partial charge is 0.416 e. The van der Waals surface area contributed by atoms with Crippen molar-refractivity contribution in [2.24, 2.45) is 5.73 Å². The lowest BCUT2D eigenvalue weighted by atomic mass is 10.0. The van der Waals surface area contributed by atoms with E-state index in [0.717, 1.165) is 12.1 Å². The molecule has 0 bridgehead atoms. The Morgan fingerprint density at radius 2 is 2.19 bits per heavy atom. The molecule has 21 heavy (non-hydrogen) atoms. The summed E-state index contributed by atoms with van der Waals surface area (Å²) in [6.07, 6.45) is -4.96. The van der Waals surface area contributed by atoms with Gasteiger partial charge in [0.1, 0.15) is 6.10 Å². The van der Waals surface area contributed by atoms with Crippen molar-refractivity contribution in [3.05, 3.63) is 35.4 Å². The summed E-state index contributed by atoms with van der Waals surface area (Å²) in [6, 6.07) is 4.35. The molecule has 4 nitrogen and oxygen atoms in total. The van der Waals surface area contributed by atoms with Crippen molar-refractivity contribution in [2.45, 2.75) is 25.2 Å². The van der Waals surface area contributed by atoms with Gasteiger partial charge in [0, 0.05) is 6.54 Å². The molecule has 116 valence electrons. The molecule has 1 aromatic carbocycles. The first-order valence-electron chi connectivity index (χ1n) is 6.62. The highest BCUT2D eigenvalue weighted by atomic mass is 19.4. The van der Waals surface area contributed by atoms with Crippen LogP contribution in [0.1, 0.15) is 24.2 Å². The number of halogens is 3. The zero-order valence-corrected chi connectivity index (χ0v) is 11.6. The zero-order chi connectivity index (χ0) is 15.6. The van der Waals surface area contributed by atoms with E-state index in [-0.39, 0.29) is 19.1 Å². The first kappa shape index (κ1) is 15.8. The quantitative estimate of drug-likeness (QED) is 0.908. The van der Waals surface area contributed by atoms with E-state index in [2.05, 4.69) is 0 Å². The van der Waals surface area contributed by atoms with Crippen LogP contribution < -0.4 is 5.73 Å². The van der Waals surface area contributed by atoms with Crippen LogP contribution in [0.2, 0.25) is 0 Å². The van der Waals surface area contributed by atoms with Crippen molar-refractivity contribution in [1.29, 1.82) is 0 Å². The SMILES string of the molecule is C[C@@H](N)C(=O)N1CCOC(c2cccc(C(F)(F)F)c2)C1. The summed E-state index contributed by atoms with van der Waals surface area (Å²) < 4.78 is 43.7. The lowest BCUT2D eigenvalue weighted by Crippen LogP contribution is -2.48. The van der Waals surface area contributed by atoms with E-state index in [1.165, 1.54) is 11.0 Å². The van der Waals surface area contributed by atoms with Crippen molar-refractivity contribution >= 4 is 5.91 Å². The molecule has 2 rings (SSSR count). The molecule has 0 saturated carbocycles. The number of amides is 1. The number of alkyl halides is 3. The molecule has 1 amide bonds. The van der Waals surface area contributed by atoms with Crippen LogP contribution in [0.5, 0.6) is 0 Å². The second kappa shape index (κ2) is 6.03. The zero-order valence-electron chi connectivity index (χ0n) is 11.6. The lowest BCUT2D eigenvalue weighted by molar-refractivity contribution is -0.141. The molecule has 1 unspecified atom stereocenters. The van der Waals surface area contributed by atoms with Crippen molar-refractivity contribution < 1.29 is 22.7 Å². The molecule has 2 atom stereocenters. The molecule has 1 saturated heterocycles. The molecule has 0 aliphatic carbocycles. The summed E-state index contributed by atoms with van der Waals surface area (Å²) in [4.78, 5) is 13.4. The summed E-state index contributed by atoms with van der Waals surface area (Å²) in [5.41, 5.74) is 5.24. The van der Waals surface area contributed by atoms with Crippen LogP contribution in [-0.2, 0) is 15.7 Å².